The highest BCUT2D eigenvalue weighted by Gasteiger charge is 2.08. The average Bonchev–Trinajstić information content (AvgIpc) is 2.71. The number of carbonyl (C=O) groups is 1. The van der Waals surface area contributed by atoms with Crippen LogP contribution in [0.15, 0.2) is 24.4 Å². The van der Waals surface area contributed by atoms with E-state index in [0.717, 1.165) is 23.0 Å². The summed E-state index contributed by atoms with van der Waals surface area (Å²) in [6.07, 6.45) is 2.25. The van der Waals surface area contributed by atoms with Gasteiger partial charge in [-0.05, 0) is 31.8 Å². The van der Waals surface area contributed by atoms with Gasteiger partial charge < -0.3 is 15.2 Å². The normalized spacial score (nSPS) is 11.2. The summed E-state index contributed by atoms with van der Waals surface area (Å²) in [5.74, 6) is 0.0395. The number of amides is 1. The topological polar surface area (TPSA) is 48.1 Å². The summed E-state index contributed by atoms with van der Waals surface area (Å²) in [5, 5.41) is 4.65. The molecule has 0 aliphatic carbocycles. The predicted octanol–water partition coefficient (Wildman–Crippen LogP) is 2.04. The van der Waals surface area contributed by atoms with Crippen LogP contribution in [-0.2, 0) is 11.2 Å². The van der Waals surface area contributed by atoms with E-state index in [1.165, 1.54) is 0 Å². The second-order valence-electron chi connectivity index (χ2n) is 4.83. The molecule has 2 aromatic rings. The van der Waals surface area contributed by atoms with Crippen LogP contribution < -0.4 is 5.32 Å². The molecule has 0 bridgehead atoms. The zero-order valence-corrected chi connectivity index (χ0v) is 11.9. The third-order valence-electron chi connectivity index (χ3n) is 2.96. The minimum atomic E-state index is 0.0395. The van der Waals surface area contributed by atoms with Crippen molar-refractivity contribution in [1.29, 1.82) is 0 Å². The Kier molecular flexibility index (Phi) is 4.45. The molecule has 0 fully saturated rings. The Balaban J connectivity index is 1.99. The lowest BCUT2D eigenvalue weighted by molar-refractivity contribution is -0.120. The van der Waals surface area contributed by atoms with Gasteiger partial charge in [-0.15, -0.1) is 0 Å². The van der Waals surface area contributed by atoms with Crippen molar-refractivity contribution in [2.45, 2.75) is 6.42 Å². The summed E-state index contributed by atoms with van der Waals surface area (Å²) in [7, 11) is 3.96. The summed E-state index contributed by atoms with van der Waals surface area (Å²) in [6, 6.07) is 5.64. The van der Waals surface area contributed by atoms with Gasteiger partial charge in [0, 0.05) is 35.2 Å². The van der Waals surface area contributed by atoms with Crippen molar-refractivity contribution in [3.63, 3.8) is 0 Å². The van der Waals surface area contributed by atoms with E-state index in [0.29, 0.717) is 18.0 Å². The first-order chi connectivity index (χ1) is 9.06. The zero-order valence-electron chi connectivity index (χ0n) is 11.2. The van der Waals surface area contributed by atoms with Gasteiger partial charge >= 0.3 is 0 Å². The second kappa shape index (κ2) is 6.08. The van der Waals surface area contributed by atoms with Crippen molar-refractivity contribution in [3.8, 4) is 0 Å². The van der Waals surface area contributed by atoms with Crippen LogP contribution in [0, 0.1) is 0 Å². The van der Waals surface area contributed by atoms with Crippen molar-refractivity contribution in [3.05, 3.63) is 35.0 Å². The van der Waals surface area contributed by atoms with E-state index in [9.17, 15) is 4.79 Å². The zero-order chi connectivity index (χ0) is 13.8. The molecule has 5 heteroatoms. The molecule has 2 rings (SSSR count). The maximum atomic E-state index is 11.8. The van der Waals surface area contributed by atoms with Gasteiger partial charge in [0.25, 0.3) is 0 Å². The highest BCUT2D eigenvalue weighted by atomic mass is 35.5. The number of rotatable bonds is 5. The standard InChI is InChI=1S/C14H18ClN3O/c1-18(2)6-5-16-14(19)7-10-9-17-13-8-11(15)3-4-12(10)13/h3-4,8-9,17H,5-7H2,1-2H3,(H,16,19). The fraction of sp³-hybridized carbons (Fsp3) is 0.357. The lowest BCUT2D eigenvalue weighted by Crippen LogP contribution is -2.32. The maximum absolute atomic E-state index is 11.8. The van der Waals surface area contributed by atoms with Gasteiger partial charge in [-0.3, -0.25) is 4.79 Å². The third kappa shape index (κ3) is 3.72. The molecule has 0 spiro atoms. The minimum absolute atomic E-state index is 0.0395. The summed E-state index contributed by atoms with van der Waals surface area (Å²) in [5.41, 5.74) is 1.96. The van der Waals surface area contributed by atoms with E-state index in [1.807, 2.05) is 43.4 Å². The first kappa shape index (κ1) is 13.9. The van der Waals surface area contributed by atoms with Crippen LogP contribution in [0.3, 0.4) is 0 Å². The molecule has 0 saturated carbocycles. The number of benzene rings is 1. The van der Waals surface area contributed by atoms with E-state index in [-0.39, 0.29) is 5.91 Å². The number of likely N-dealkylation sites (N-methyl/N-ethyl adjacent to an activating group) is 1. The smallest absolute Gasteiger partial charge is 0.224 e. The van der Waals surface area contributed by atoms with Crippen molar-refractivity contribution in [2.75, 3.05) is 27.2 Å². The van der Waals surface area contributed by atoms with Crippen molar-refractivity contribution in [2.24, 2.45) is 0 Å². The Bertz CT molecular complexity index is 577. The van der Waals surface area contributed by atoms with Crippen LogP contribution in [0.5, 0.6) is 0 Å². The number of carbonyl (C=O) groups excluding carboxylic acids is 1. The molecule has 2 N–H and O–H groups in total. The van der Waals surface area contributed by atoms with Crippen LogP contribution in [0.4, 0.5) is 0 Å². The summed E-state index contributed by atoms with van der Waals surface area (Å²) in [4.78, 5) is 17.0. The van der Waals surface area contributed by atoms with E-state index in [4.69, 9.17) is 11.6 Å². The number of aromatic amines is 1. The maximum Gasteiger partial charge on any atom is 0.224 e. The minimum Gasteiger partial charge on any atom is -0.361 e. The highest BCUT2D eigenvalue weighted by molar-refractivity contribution is 6.31. The Hall–Kier alpha value is -1.52. The lowest BCUT2D eigenvalue weighted by Gasteiger charge is -2.10. The molecule has 102 valence electrons. The quantitative estimate of drug-likeness (QED) is 0.880. The molecule has 1 heterocycles. The molecular weight excluding hydrogens is 262 g/mol. The highest BCUT2D eigenvalue weighted by Crippen LogP contribution is 2.22. The van der Waals surface area contributed by atoms with Crippen molar-refractivity contribution >= 4 is 28.4 Å². The Morgan fingerprint density at radius 2 is 2.21 bits per heavy atom. The Labute approximate surface area is 117 Å². The predicted molar refractivity (Wildman–Crippen MR) is 78.6 cm³/mol. The summed E-state index contributed by atoms with van der Waals surface area (Å²) >= 11 is 5.93. The molecule has 1 aromatic carbocycles. The van der Waals surface area contributed by atoms with Crippen molar-refractivity contribution < 1.29 is 4.79 Å². The number of halogens is 1. The number of hydrogen-bond acceptors (Lipinski definition) is 2. The monoisotopic (exact) mass is 279 g/mol. The largest absolute Gasteiger partial charge is 0.361 e. The van der Waals surface area contributed by atoms with Crippen LogP contribution in [0.1, 0.15) is 5.56 Å². The van der Waals surface area contributed by atoms with Gasteiger partial charge in [-0.2, -0.15) is 0 Å². The van der Waals surface area contributed by atoms with Gasteiger partial charge in [0.1, 0.15) is 0 Å². The Morgan fingerprint density at radius 1 is 1.42 bits per heavy atom. The molecular formula is C14H18ClN3O. The number of nitrogens with one attached hydrogen (secondary N) is 2. The molecule has 0 unspecified atom stereocenters. The number of aromatic nitrogens is 1. The first-order valence-electron chi connectivity index (χ1n) is 6.23. The molecule has 0 saturated heterocycles. The van der Waals surface area contributed by atoms with E-state index < -0.39 is 0 Å². The van der Waals surface area contributed by atoms with Crippen LogP contribution >= 0.6 is 11.6 Å². The molecule has 0 atom stereocenters. The average molecular weight is 280 g/mol. The molecule has 0 aliphatic rings. The van der Waals surface area contributed by atoms with Gasteiger partial charge in [-0.1, -0.05) is 17.7 Å². The number of hydrogen-bond donors (Lipinski definition) is 2. The number of H-pyrrole nitrogens is 1. The molecule has 19 heavy (non-hydrogen) atoms. The summed E-state index contributed by atoms with van der Waals surface area (Å²) in [6.45, 7) is 1.51. The lowest BCUT2D eigenvalue weighted by atomic mass is 10.1. The second-order valence-corrected chi connectivity index (χ2v) is 5.27. The van der Waals surface area contributed by atoms with Gasteiger partial charge in [-0.25, -0.2) is 0 Å². The Morgan fingerprint density at radius 3 is 2.95 bits per heavy atom. The first-order valence-corrected chi connectivity index (χ1v) is 6.61. The number of fused-ring (bicyclic) bond motifs is 1. The van der Waals surface area contributed by atoms with E-state index in [1.54, 1.807) is 0 Å². The van der Waals surface area contributed by atoms with Crippen LogP contribution in [0.25, 0.3) is 10.9 Å². The molecule has 1 aromatic heterocycles. The van der Waals surface area contributed by atoms with Gasteiger partial charge in [0.05, 0.1) is 6.42 Å². The summed E-state index contributed by atoms with van der Waals surface area (Å²) < 4.78 is 0. The van der Waals surface area contributed by atoms with Crippen molar-refractivity contribution in [1.82, 2.24) is 15.2 Å². The van der Waals surface area contributed by atoms with E-state index >= 15 is 0 Å². The fourth-order valence-electron chi connectivity index (χ4n) is 1.96. The molecule has 0 radical (unpaired) electrons. The fourth-order valence-corrected chi connectivity index (χ4v) is 2.13. The third-order valence-corrected chi connectivity index (χ3v) is 3.20. The van der Waals surface area contributed by atoms with Crippen LogP contribution in [0.2, 0.25) is 5.02 Å². The van der Waals surface area contributed by atoms with Gasteiger partial charge in [0.2, 0.25) is 5.91 Å². The van der Waals surface area contributed by atoms with Crippen LogP contribution in [-0.4, -0.2) is 43.0 Å². The molecule has 4 nitrogen and oxygen atoms in total. The molecule has 1 amide bonds. The number of nitrogens with zero attached hydrogens (tertiary/aromatic N) is 1. The van der Waals surface area contributed by atoms with E-state index in [2.05, 4.69) is 10.3 Å². The SMILES string of the molecule is CN(C)CCNC(=O)Cc1c[nH]c2cc(Cl)ccc12. The van der Waals surface area contributed by atoms with Gasteiger partial charge in [0.15, 0.2) is 0 Å². The molecule has 0 aliphatic heterocycles.